The van der Waals surface area contributed by atoms with E-state index in [0.717, 1.165) is 45.2 Å². The predicted octanol–water partition coefficient (Wildman–Crippen LogP) is 3.38. The number of nitrogens with zero attached hydrogens (tertiary/aromatic N) is 4. The Bertz CT molecular complexity index is 649. The van der Waals surface area contributed by atoms with Gasteiger partial charge in [0.25, 0.3) is 11.8 Å². The Morgan fingerprint density at radius 3 is 2.64 bits per heavy atom. The summed E-state index contributed by atoms with van der Waals surface area (Å²) in [6.07, 6.45) is 4.38. The van der Waals surface area contributed by atoms with Crippen molar-refractivity contribution in [3.05, 3.63) is 5.89 Å². The van der Waals surface area contributed by atoms with Crippen LogP contribution in [0.15, 0.2) is 4.52 Å². The molecule has 0 aliphatic carbocycles. The molecule has 1 N–H and O–H groups in total. The van der Waals surface area contributed by atoms with Gasteiger partial charge in [0.05, 0.1) is 0 Å². The van der Waals surface area contributed by atoms with Crippen LogP contribution in [0.4, 0.5) is 10.7 Å². The van der Waals surface area contributed by atoms with Crippen LogP contribution in [0.2, 0.25) is 0 Å². The van der Waals surface area contributed by atoms with Crippen LogP contribution in [-0.2, 0) is 4.74 Å². The number of hydrogen-bond acceptors (Lipinski definition) is 7. The van der Waals surface area contributed by atoms with Gasteiger partial charge in [-0.3, -0.25) is 4.90 Å². The van der Waals surface area contributed by atoms with Crippen LogP contribution in [0, 0.1) is 11.8 Å². The molecule has 0 aromatic carbocycles. The molecular formula is C20H34N4O4. The van der Waals surface area contributed by atoms with Crippen LogP contribution in [0.25, 0.3) is 0 Å². The highest BCUT2D eigenvalue weighted by atomic mass is 16.6. The molecule has 1 amide bonds. The Balaban J connectivity index is 1.60. The van der Waals surface area contributed by atoms with E-state index < -0.39 is 5.60 Å². The second kappa shape index (κ2) is 8.68. The molecule has 8 heteroatoms. The van der Waals surface area contributed by atoms with E-state index in [-0.39, 0.29) is 18.7 Å². The monoisotopic (exact) mass is 394 g/mol. The molecule has 0 bridgehead atoms. The van der Waals surface area contributed by atoms with Crippen molar-refractivity contribution >= 4 is 12.0 Å². The first-order chi connectivity index (χ1) is 13.3. The van der Waals surface area contributed by atoms with Gasteiger partial charge in [0.1, 0.15) is 11.6 Å². The molecule has 8 nitrogen and oxygen atoms in total. The summed E-state index contributed by atoms with van der Waals surface area (Å²) in [6.45, 7) is 10.5. The summed E-state index contributed by atoms with van der Waals surface area (Å²) in [5.74, 6) is 2.27. The number of aliphatic hydroxyl groups is 1. The minimum absolute atomic E-state index is 0.210. The molecule has 1 aromatic rings. The molecule has 2 saturated heterocycles. The van der Waals surface area contributed by atoms with Gasteiger partial charge in [-0.25, -0.2) is 4.79 Å². The third-order valence-electron chi connectivity index (χ3n) is 5.81. The van der Waals surface area contributed by atoms with Gasteiger partial charge < -0.3 is 19.3 Å². The van der Waals surface area contributed by atoms with Crippen molar-refractivity contribution in [1.82, 2.24) is 15.0 Å². The molecule has 0 radical (unpaired) electrons. The molecule has 3 rings (SSSR count). The summed E-state index contributed by atoms with van der Waals surface area (Å²) < 4.78 is 11.1. The SMILES string of the molecule is C[C@H](CCO)C1CCN(c2noc(C3CCCN3C(=O)OC(C)(C)C)n2)CC1. The fraction of sp³-hybridized carbons (Fsp3) is 0.850. The van der Waals surface area contributed by atoms with Crippen LogP contribution >= 0.6 is 0 Å². The van der Waals surface area contributed by atoms with Crippen molar-refractivity contribution in [2.24, 2.45) is 11.8 Å². The van der Waals surface area contributed by atoms with Crippen molar-refractivity contribution in [2.45, 2.75) is 71.4 Å². The van der Waals surface area contributed by atoms with Gasteiger partial charge >= 0.3 is 6.09 Å². The highest BCUT2D eigenvalue weighted by Gasteiger charge is 2.37. The quantitative estimate of drug-likeness (QED) is 0.818. The van der Waals surface area contributed by atoms with Crippen LogP contribution in [0.5, 0.6) is 0 Å². The zero-order valence-electron chi connectivity index (χ0n) is 17.6. The Morgan fingerprint density at radius 1 is 1.29 bits per heavy atom. The van der Waals surface area contributed by atoms with Gasteiger partial charge in [-0.2, -0.15) is 4.98 Å². The lowest BCUT2D eigenvalue weighted by atomic mass is 9.84. The standard InChI is InChI=1S/C20H34N4O4/c1-14(9-13-25)15-7-11-23(12-8-15)18-21-17(28-22-18)16-6-5-10-24(16)19(26)27-20(2,3)4/h14-16,25H,5-13H2,1-4H3/t14-,16?/m1/s1. The number of aromatic nitrogens is 2. The molecule has 158 valence electrons. The lowest BCUT2D eigenvalue weighted by Crippen LogP contribution is -2.37. The molecule has 28 heavy (non-hydrogen) atoms. The number of ether oxygens (including phenoxy) is 1. The van der Waals surface area contributed by atoms with Crippen molar-refractivity contribution in [2.75, 3.05) is 31.1 Å². The molecule has 0 spiro atoms. The van der Waals surface area contributed by atoms with Gasteiger partial charge in [0.2, 0.25) is 0 Å². The first kappa shape index (κ1) is 20.9. The largest absolute Gasteiger partial charge is 0.444 e. The second-order valence-electron chi connectivity index (χ2n) is 9.08. The second-order valence-corrected chi connectivity index (χ2v) is 9.08. The molecule has 2 aliphatic rings. The Labute approximate surface area is 167 Å². The number of anilines is 1. The lowest BCUT2D eigenvalue weighted by Gasteiger charge is -2.34. The van der Waals surface area contributed by atoms with E-state index in [0.29, 0.717) is 30.2 Å². The third-order valence-corrected chi connectivity index (χ3v) is 5.81. The van der Waals surface area contributed by atoms with E-state index in [1.165, 1.54) is 0 Å². The smallest absolute Gasteiger partial charge is 0.410 e. The summed E-state index contributed by atoms with van der Waals surface area (Å²) in [5, 5.41) is 13.3. The van der Waals surface area contributed by atoms with Crippen LogP contribution in [0.1, 0.15) is 71.7 Å². The number of amides is 1. The number of piperidine rings is 1. The van der Waals surface area contributed by atoms with E-state index in [1.54, 1.807) is 4.90 Å². The van der Waals surface area contributed by atoms with Crippen molar-refractivity contribution in [3.8, 4) is 0 Å². The fourth-order valence-electron chi connectivity index (χ4n) is 4.16. The molecular weight excluding hydrogens is 360 g/mol. The Morgan fingerprint density at radius 2 is 2.00 bits per heavy atom. The maximum Gasteiger partial charge on any atom is 0.410 e. The van der Waals surface area contributed by atoms with Gasteiger partial charge in [0.15, 0.2) is 0 Å². The highest BCUT2D eigenvalue weighted by molar-refractivity contribution is 5.69. The minimum atomic E-state index is -0.526. The zero-order valence-corrected chi connectivity index (χ0v) is 17.6. The van der Waals surface area contributed by atoms with E-state index >= 15 is 0 Å². The number of rotatable bonds is 5. The van der Waals surface area contributed by atoms with E-state index in [4.69, 9.17) is 14.4 Å². The highest BCUT2D eigenvalue weighted by Crippen LogP contribution is 2.34. The zero-order chi connectivity index (χ0) is 20.3. The molecule has 0 saturated carbocycles. The number of likely N-dealkylation sites (tertiary alicyclic amines) is 1. The Hall–Kier alpha value is -1.83. The normalized spacial score (nSPS) is 22.5. The summed E-state index contributed by atoms with van der Waals surface area (Å²) >= 11 is 0. The van der Waals surface area contributed by atoms with E-state index in [9.17, 15) is 4.79 Å². The number of carbonyl (C=O) groups excluding carboxylic acids is 1. The fourth-order valence-corrected chi connectivity index (χ4v) is 4.16. The summed E-state index contributed by atoms with van der Waals surface area (Å²) in [5.41, 5.74) is -0.526. The third kappa shape index (κ3) is 4.96. The van der Waals surface area contributed by atoms with Crippen LogP contribution in [-0.4, -0.2) is 58.1 Å². The first-order valence-corrected chi connectivity index (χ1v) is 10.5. The van der Waals surface area contributed by atoms with Crippen LogP contribution < -0.4 is 4.90 Å². The first-order valence-electron chi connectivity index (χ1n) is 10.5. The lowest BCUT2D eigenvalue weighted by molar-refractivity contribution is 0.0199. The number of carbonyl (C=O) groups is 1. The van der Waals surface area contributed by atoms with Gasteiger partial charge in [-0.15, -0.1) is 0 Å². The number of hydrogen-bond donors (Lipinski definition) is 1. The Kier molecular flexibility index (Phi) is 6.47. The van der Waals surface area contributed by atoms with Gasteiger partial charge in [-0.1, -0.05) is 6.92 Å². The molecule has 1 aromatic heterocycles. The average molecular weight is 395 g/mol. The number of aliphatic hydroxyl groups excluding tert-OH is 1. The van der Waals surface area contributed by atoms with Crippen molar-refractivity contribution in [1.29, 1.82) is 0 Å². The van der Waals surface area contributed by atoms with E-state index in [1.807, 2.05) is 20.8 Å². The molecule has 1 unspecified atom stereocenters. The maximum absolute atomic E-state index is 12.5. The average Bonchev–Trinajstić information content (AvgIpc) is 3.30. The van der Waals surface area contributed by atoms with Gasteiger partial charge in [-0.05, 0) is 69.9 Å². The molecule has 2 aliphatic heterocycles. The van der Waals surface area contributed by atoms with E-state index in [2.05, 4.69) is 22.0 Å². The maximum atomic E-state index is 12.5. The molecule has 3 heterocycles. The van der Waals surface area contributed by atoms with Crippen LogP contribution in [0.3, 0.4) is 0 Å². The molecule has 2 atom stereocenters. The summed E-state index contributed by atoms with van der Waals surface area (Å²) in [6, 6.07) is -0.210. The molecule has 2 fully saturated rings. The predicted molar refractivity (Wildman–Crippen MR) is 105 cm³/mol. The van der Waals surface area contributed by atoms with Crippen molar-refractivity contribution < 1.29 is 19.2 Å². The van der Waals surface area contributed by atoms with Gasteiger partial charge in [0, 0.05) is 26.2 Å². The van der Waals surface area contributed by atoms with Crippen molar-refractivity contribution in [3.63, 3.8) is 0 Å². The summed E-state index contributed by atoms with van der Waals surface area (Å²) in [4.78, 5) is 21.0. The topological polar surface area (TPSA) is 91.9 Å². The summed E-state index contributed by atoms with van der Waals surface area (Å²) in [7, 11) is 0. The minimum Gasteiger partial charge on any atom is -0.444 e.